The molecule has 0 unspecified atom stereocenters. The molecule has 0 atom stereocenters. The van der Waals surface area contributed by atoms with Crippen LogP contribution in [0.3, 0.4) is 0 Å². The summed E-state index contributed by atoms with van der Waals surface area (Å²) in [6, 6.07) is 10.9. The van der Waals surface area contributed by atoms with Gasteiger partial charge >= 0.3 is 0 Å². The molecule has 0 spiro atoms. The van der Waals surface area contributed by atoms with Gasteiger partial charge in [0.05, 0.1) is 5.56 Å². The van der Waals surface area contributed by atoms with Gasteiger partial charge in [-0.05, 0) is 30.4 Å². The lowest BCUT2D eigenvalue weighted by molar-refractivity contribution is 0.0642. The number of rotatable bonds is 6. The molecule has 1 aromatic carbocycles. The van der Waals surface area contributed by atoms with E-state index in [1.807, 2.05) is 30.3 Å². The van der Waals surface area contributed by atoms with Crippen LogP contribution in [-0.4, -0.2) is 48.5 Å². The van der Waals surface area contributed by atoms with Gasteiger partial charge in [0.1, 0.15) is 5.56 Å². The van der Waals surface area contributed by atoms with Gasteiger partial charge in [-0.1, -0.05) is 30.3 Å². The Morgan fingerprint density at radius 1 is 1.21 bits per heavy atom. The summed E-state index contributed by atoms with van der Waals surface area (Å²) in [5, 5.41) is 2.88. The minimum atomic E-state index is -0.508. The van der Waals surface area contributed by atoms with Crippen molar-refractivity contribution >= 4 is 11.8 Å². The molecule has 2 aromatic rings. The fraction of sp³-hybridized carbons (Fsp3) is 0.381. The van der Waals surface area contributed by atoms with Gasteiger partial charge in [-0.3, -0.25) is 14.4 Å². The summed E-state index contributed by atoms with van der Waals surface area (Å²) >= 11 is 0. The number of carbonyl (C=O) groups excluding carboxylic acids is 2. The highest BCUT2D eigenvalue weighted by molar-refractivity contribution is 5.99. The van der Waals surface area contributed by atoms with Gasteiger partial charge in [0.2, 0.25) is 0 Å². The number of aromatic nitrogens is 1. The zero-order chi connectivity index (χ0) is 19.9. The van der Waals surface area contributed by atoms with E-state index in [-0.39, 0.29) is 17.0 Å². The number of ether oxygens (including phenoxy) is 1. The van der Waals surface area contributed by atoms with Gasteiger partial charge < -0.3 is 19.9 Å². The van der Waals surface area contributed by atoms with E-state index in [0.29, 0.717) is 32.2 Å². The fourth-order valence-corrected chi connectivity index (χ4v) is 3.20. The van der Waals surface area contributed by atoms with Gasteiger partial charge in [-0.2, -0.15) is 0 Å². The second-order valence-electron chi connectivity index (χ2n) is 7.04. The second-order valence-corrected chi connectivity index (χ2v) is 7.04. The molecular formula is C21H25N3O4. The molecule has 28 heavy (non-hydrogen) atoms. The normalized spacial score (nSPS) is 14.5. The molecule has 1 fully saturated rings. The third-order valence-electron chi connectivity index (χ3n) is 4.90. The van der Waals surface area contributed by atoms with Crippen LogP contribution in [0.25, 0.3) is 0 Å². The summed E-state index contributed by atoms with van der Waals surface area (Å²) in [6.45, 7) is 2.36. The van der Waals surface area contributed by atoms with E-state index in [9.17, 15) is 14.4 Å². The van der Waals surface area contributed by atoms with Crippen molar-refractivity contribution in [2.75, 3.05) is 26.8 Å². The van der Waals surface area contributed by atoms with E-state index in [4.69, 9.17) is 4.74 Å². The standard InChI is InChI=1S/C21H25N3O4/c1-24(14-16-5-3-2-4-6-16)21(27)18-11-17(13-23-20(18)26)19(25)22-12-15-7-9-28-10-8-15/h2-6,11,13,15H,7-10,12,14H2,1H3,(H,22,25)(H,23,26). The number of hydrogen-bond donors (Lipinski definition) is 2. The summed E-state index contributed by atoms with van der Waals surface area (Å²) in [4.78, 5) is 41.3. The second kappa shape index (κ2) is 9.32. The van der Waals surface area contributed by atoms with Crippen LogP contribution in [0.1, 0.15) is 39.1 Å². The number of aromatic amines is 1. The van der Waals surface area contributed by atoms with Gasteiger partial charge in [0.15, 0.2) is 0 Å². The average Bonchev–Trinajstić information content (AvgIpc) is 2.73. The molecule has 2 heterocycles. The number of nitrogens with zero attached hydrogens (tertiary/aromatic N) is 1. The van der Waals surface area contributed by atoms with Gasteiger partial charge in [-0.15, -0.1) is 0 Å². The SMILES string of the molecule is CN(Cc1ccccc1)C(=O)c1cc(C(=O)NCC2CCOCC2)c[nH]c1=O. The van der Waals surface area contributed by atoms with E-state index in [1.54, 1.807) is 7.05 Å². The first-order chi connectivity index (χ1) is 13.5. The monoisotopic (exact) mass is 383 g/mol. The van der Waals surface area contributed by atoms with Crippen LogP contribution in [0.2, 0.25) is 0 Å². The largest absolute Gasteiger partial charge is 0.381 e. The minimum absolute atomic E-state index is 0.0443. The minimum Gasteiger partial charge on any atom is -0.381 e. The Bertz CT molecular complexity index is 873. The maximum Gasteiger partial charge on any atom is 0.260 e. The maximum atomic E-state index is 12.7. The summed E-state index contributed by atoms with van der Waals surface area (Å²) < 4.78 is 5.32. The highest BCUT2D eigenvalue weighted by Crippen LogP contribution is 2.13. The predicted molar refractivity (Wildman–Crippen MR) is 105 cm³/mol. The van der Waals surface area contributed by atoms with Crippen molar-refractivity contribution in [3.63, 3.8) is 0 Å². The molecule has 1 aliphatic heterocycles. The van der Waals surface area contributed by atoms with Gasteiger partial charge in [0, 0.05) is 39.5 Å². The molecule has 0 aliphatic carbocycles. The summed E-state index contributed by atoms with van der Waals surface area (Å²) in [7, 11) is 1.63. The zero-order valence-electron chi connectivity index (χ0n) is 15.9. The molecule has 148 valence electrons. The molecule has 3 rings (SSSR count). The molecule has 2 amide bonds. The van der Waals surface area contributed by atoms with Crippen LogP contribution in [0.4, 0.5) is 0 Å². The Morgan fingerprint density at radius 2 is 1.93 bits per heavy atom. The molecule has 1 saturated heterocycles. The molecule has 1 aromatic heterocycles. The van der Waals surface area contributed by atoms with E-state index in [2.05, 4.69) is 10.3 Å². The zero-order valence-corrected chi connectivity index (χ0v) is 15.9. The first-order valence-electron chi connectivity index (χ1n) is 9.42. The molecule has 0 saturated carbocycles. The summed E-state index contributed by atoms with van der Waals surface area (Å²) in [6.07, 6.45) is 3.18. The Morgan fingerprint density at radius 3 is 2.64 bits per heavy atom. The first kappa shape index (κ1) is 19.8. The maximum absolute atomic E-state index is 12.7. The number of hydrogen-bond acceptors (Lipinski definition) is 4. The van der Waals surface area contributed by atoms with Gasteiger partial charge in [-0.25, -0.2) is 0 Å². The molecule has 2 N–H and O–H groups in total. The summed E-state index contributed by atoms with van der Waals surface area (Å²) in [5.74, 6) is -0.342. The first-order valence-corrected chi connectivity index (χ1v) is 9.42. The number of H-pyrrole nitrogens is 1. The molecule has 1 aliphatic rings. The van der Waals surface area contributed by atoms with Crippen molar-refractivity contribution in [1.29, 1.82) is 0 Å². The molecule has 0 radical (unpaired) electrons. The molecular weight excluding hydrogens is 358 g/mol. The molecule has 0 bridgehead atoms. The summed E-state index contributed by atoms with van der Waals surface area (Å²) in [5.41, 5.74) is 0.672. The van der Waals surface area contributed by atoms with Crippen molar-refractivity contribution in [2.24, 2.45) is 5.92 Å². The number of pyridine rings is 1. The topological polar surface area (TPSA) is 91.5 Å². The highest BCUT2D eigenvalue weighted by Gasteiger charge is 2.19. The quantitative estimate of drug-likeness (QED) is 0.796. The van der Waals surface area contributed by atoms with E-state index in [1.165, 1.54) is 17.2 Å². The predicted octanol–water partition coefficient (Wildman–Crippen LogP) is 1.80. The van der Waals surface area contributed by atoms with Crippen LogP contribution >= 0.6 is 0 Å². The van der Waals surface area contributed by atoms with Crippen LogP contribution in [-0.2, 0) is 11.3 Å². The molecule has 7 nitrogen and oxygen atoms in total. The van der Waals surface area contributed by atoms with E-state index < -0.39 is 11.5 Å². The van der Waals surface area contributed by atoms with E-state index in [0.717, 1.165) is 18.4 Å². The van der Waals surface area contributed by atoms with Crippen LogP contribution in [0.5, 0.6) is 0 Å². The number of nitrogens with one attached hydrogen (secondary N) is 2. The lowest BCUT2D eigenvalue weighted by Gasteiger charge is -2.22. The van der Waals surface area contributed by atoms with Crippen molar-refractivity contribution in [1.82, 2.24) is 15.2 Å². The Hall–Kier alpha value is -2.93. The lowest BCUT2D eigenvalue weighted by Crippen LogP contribution is -2.34. The highest BCUT2D eigenvalue weighted by atomic mass is 16.5. The van der Waals surface area contributed by atoms with Crippen LogP contribution in [0.15, 0.2) is 47.4 Å². The Balaban J connectivity index is 1.67. The fourth-order valence-electron chi connectivity index (χ4n) is 3.20. The average molecular weight is 383 g/mol. The van der Waals surface area contributed by atoms with Crippen LogP contribution in [0, 0.1) is 5.92 Å². The Kier molecular flexibility index (Phi) is 6.60. The Labute approximate surface area is 163 Å². The molecule has 7 heteroatoms. The smallest absolute Gasteiger partial charge is 0.260 e. The van der Waals surface area contributed by atoms with Crippen molar-refractivity contribution in [3.8, 4) is 0 Å². The van der Waals surface area contributed by atoms with Gasteiger partial charge in [0.25, 0.3) is 17.4 Å². The third kappa shape index (κ3) is 5.07. The van der Waals surface area contributed by atoms with Crippen molar-refractivity contribution in [3.05, 3.63) is 69.6 Å². The lowest BCUT2D eigenvalue weighted by atomic mass is 10.0. The van der Waals surface area contributed by atoms with Crippen LogP contribution < -0.4 is 10.9 Å². The number of carbonyl (C=O) groups is 2. The number of benzene rings is 1. The third-order valence-corrected chi connectivity index (χ3v) is 4.90. The van der Waals surface area contributed by atoms with E-state index >= 15 is 0 Å². The van der Waals surface area contributed by atoms with Crippen molar-refractivity contribution in [2.45, 2.75) is 19.4 Å². The van der Waals surface area contributed by atoms with Crippen molar-refractivity contribution < 1.29 is 14.3 Å². The number of amides is 2.